The molecular weight excluding hydrogens is 288 g/mol. The molecule has 1 heterocycles. The second kappa shape index (κ2) is 6.47. The molecule has 21 heavy (non-hydrogen) atoms. The Balaban J connectivity index is 2.30. The van der Waals surface area contributed by atoms with E-state index in [1.54, 1.807) is 19.1 Å². The molecule has 0 saturated carbocycles. The molecule has 6 heteroatoms. The predicted molar refractivity (Wildman–Crippen MR) is 85.1 cm³/mol. The Hall–Kier alpha value is -1.56. The minimum absolute atomic E-state index is 0.0405. The molecule has 0 saturated heterocycles. The fourth-order valence-corrected chi connectivity index (χ4v) is 4.17. The number of amides is 1. The molecule has 0 atom stereocenters. The Morgan fingerprint density at radius 1 is 1.33 bits per heavy atom. The van der Waals surface area contributed by atoms with Crippen LogP contribution in [0.1, 0.15) is 38.7 Å². The molecule has 1 aliphatic heterocycles. The average molecular weight is 310 g/mol. The second-order valence-corrected chi connectivity index (χ2v) is 7.25. The fourth-order valence-electron chi connectivity index (χ4n) is 2.55. The molecule has 0 spiro atoms. The van der Waals surface area contributed by atoms with E-state index in [-0.39, 0.29) is 11.7 Å². The van der Waals surface area contributed by atoms with Gasteiger partial charge in [-0.3, -0.25) is 9.10 Å². The number of carbonyl (C=O) groups is 1. The lowest BCUT2D eigenvalue weighted by atomic mass is 10.0. The number of nitrogens with one attached hydrogen (secondary N) is 1. The van der Waals surface area contributed by atoms with Crippen LogP contribution in [0.5, 0.6) is 0 Å². The highest BCUT2D eigenvalue weighted by Crippen LogP contribution is 2.31. The Kier molecular flexibility index (Phi) is 4.88. The zero-order chi connectivity index (χ0) is 15.5. The summed E-state index contributed by atoms with van der Waals surface area (Å²) in [7, 11) is -3.24. The molecule has 1 amide bonds. The Morgan fingerprint density at radius 2 is 2.10 bits per heavy atom. The van der Waals surface area contributed by atoms with Gasteiger partial charge < -0.3 is 5.32 Å². The van der Waals surface area contributed by atoms with Crippen LogP contribution in [-0.4, -0.2) is 26.6 Å². The van der Waals surface area contributed by atoms with Crippen LogP contribution in [0.3, 0.4) is 0 Å². The average Bonchev–Trinajstić information content (AvgIpc) is 2.46. The van der Waals surface area contributed by atoms with Crippen LogP contribution >= 0.6 is 0 Å². The molecule has 0 aliphatic carbocycles. The van der Waals surface area contributed by atoms with Gasteiger partial charge in [-0.1, -0.05) is 13.8 Å². The van der Waals surface area contributed by atoms with E-state index in [0.29, 0.717) is 19.4 Å². The highest BCUT2D eigenvalue weighted by atomic mass is 32.2. The van der Waals surface area contributed by atoms with Gasteiger partial charge in [0.05, 0.1) is 11.4 Å². The van der Waals surface area contributed by atoms with E-state index in [1.165, 1.54) is 4.31 Å². The van der Waals surface area contributed by atoms with Gasteiger partial charge in [-0.05, 0) is 43.0 Å². The predicted octanol–water partition coefficient (Wildman–Crippen LogP) is 2.53. The maximum atomic E-state index is 12.3. The van der Waals surface area contributed by atoms with Crippen molar-refractivity contribution in [2.45, 2.75) is 39.5 Å². The molecule has 0 aromatic heterocycles. The third-order valence-corrected chi connectivity index (χ3v) is 5.53. The number of anilines is 2. The minimum Gasteiger partial charge on any atom is -0.326 e. The van der Waals surface area contributed by atoms with Crippen molar-refractivity contribution in [2.24, 2.45) is 0 Å². The SMILES string of the molecule is CCCS(=O)(=O)N1CCCc2cc(NC(=O)CC)ccc21. The minimum atomic E-state index is -3.24. The van der Waals surface area contributed by atoms with Crippen LogP contribution in [0.4, 0.5) is 11.4 Å². The molecule has 2 rings (SSSR count). The van der Waals surface area contributed by atoms with Crippen molar-refractivity contribution in [1.29, 1.82) is 0 Å². The summed E-state index contributed by atoms with van der Waals surface area (Å²) < 4.78 is 26.1. The molecule has 0 bridgehead atoms. The number of carbonyl (C=O) groups excluding carboxylic acids is 1. The number of aryl methyl sites for hydroxylation is 1. The van der Waals surface area contributed by atoms with E-state index in [2.05, 4.69) is 5.32 Å². The first kappa shape index (κ1) is 15.8. The maximum absolute atomic E-state index is 12.3. The van der Waals surface area contributed by atoms with Crippen LogP contribution in [0.2, 0.25) is 0 Å². The zero-order valence-electron chi connectivity index (χ0n) is 12.6. The Labute approximate surface area is 126 Å². The standard InChI is InChI=1S/C15H22N2O3S/c1-3-10-21(19,20)17-9-5-6-12-11-13(7-8-14(12)17)16-15(18)4-2/h7-8,11H,3-6,9-10H2,1-2H3,(H,16,18). The summed E-state index contributed by atoms with van der Waals surface area (Å²) >= 11 is 0. The number of sulfonamides is 1. The van der Waals surface area contributed by atoms with Gasteiger partial charge >= 0.3 is 0 Å². The first-order valence-electron chi connectivity index (χ1n) is 7.41. The zero-order valence-corrected chi connectivity index (χ0v) is 13.4. The van der Waals surface area contributed by atoms with Gasteiger partial charge in [-0.25, -0.2) is 8.42 Å². The van der Waals surface area contributed by atoms with E-state index in [9.17, 15) is 13.2 Å². The first-order chi connectivity index (χ1) is 9.97. The number of benzene rings is 1. The van der Waals surface area contributed by atoms with E-state index in [4.69, 9.17) is 0 Å². The van der Waals surface area contributed by atoms with Crippen LogP contribution in [0.25, 0.3) is 0 Å². The molecule has 0 unspecified atom stereocenters. The summed E-state index contributed by atoms with van der Waals surface area (Å²) in [5, 5.41) is 2.81. The maximum Gasteiger partial charge on any atom is 0.235 e. The number of hydrogen-bond donors (Lipinski definition) is 1. The normalized spacial score (nSPS) is 14.7. The van der Waals surface area contributed by atoms with E-state index in [0.717, 1.165) is 29.8 Å². The van der Waals surface area contributed by atoms with Gasteiger partial charge in [0.25, 0.3) is 0 Å². The topological polar surface area (TPSA) is 66.5 Å². The van der Waals surface area contributed by atoms with Gasteiger partial charge in [0.15, 0.2) is 0 Å². The van der Waals surface area contributed by atoms with E-state index >= 15 is 0 Å². The summed E-state index contributed by atoms with van der Waals surface area (Å²) in [5.74, 6) is 0.127. The van der Waals surface area contributed by atoms with Crippen molar-refractivity contribution in [3.05, 3.63) is 23.8 Å². The lowest BCUT2D eigenvalue weighted by Crippen LogP contribution is -2.37. The Morgan fingerprint density at radius 3 is 2.76 bits per heavy atom. The number of hydrogen-bond acceptors (Lipinski definition) is 3. The van der Waals surface area contributed by atoms with Crippen LogP contribution < -0.4 is 9.62 Å². The summed E-state index contributed by atoms with van der Waals surface area (Å²) in [5.41, 5.74) is 2.47. The van der Waals surface area contributed by atoms with Gasteiger partial charge in [-0.15, -0.1) is 0 Å². The monoisotopic (exact) mass is 310 g/mol. The first-order valence-corrected chi connectivity index (χ1v) is 9.02. The van der Waals surface area contributed by atoms with E-state index < -0.39 is 10.0 Å². The summed E-state index contributed by atoms with van der Waals surface area (Å²) in [6, 6.07) is 5.45. The molecule has 1 aromatic carbocycles. The van der Waals surface area contributed by atoms with Gasteiger partial charge in [0, 0.05) is 18.7 Å². The largest absolute Gasteiger partial charge is 0.326 e. The highest BCUT2D eigenvalue weighted by Gasteiger charge is 2.26. The van der Waals surface area contributed by atoms with Crippen molar-refractivity contribution >= 4 is 27.3 Å². The van der Waals surface area contributed by atoms with Crippen LogP contribution in [-0.2, 0) is 21.2 Å². The molecule has 5 nitrogen and oxygen atoms in total. The van der Waals surface area contributed by atoms with Crippen molar-refractivity contribution in [2.75, 3.05) is 21.9 Å². The lowest BCUT2D eigenvalue weighted by molar-refractivity contribution is -0.115. The molecule has 116 valence electrons. The number of fused-ring (bicyclic) bond motifs is 1. The molecule has 1 N–H and O–H groups in total. The second-order valence-electron chi connectivity index (χ2n) is 5.24. The summed E-state index contributed by atoms with van der Waals surface area (Å²) in [6.45, 7) is 4.20. The van der Waals surface area contributed by atoms with Gasteiger partial charge in [-0.2, -0.15) is 0 Å². The lowest BCUT2D eigenvalue weighted by Gasteiger charge is -2.30. The van der Waals surface area contributed by atoms with Crippen molar-refractivity contribution in [3.8, 4) is 0 Å². The molecule has 1 aliphatic rings. The quantitative estimate of drug-likeness (QED) is 0.909. The van der Waals surface area contributed by atoms with E-state index in [1.807, 2.05) is 13.0 Å². The molecule has 1 aromatic rings. The summed E-state index contributed by atoms with van der Waals surface area (Å²) in [4.78, 5) is 11.4. The Bertz CT molecular complexity index is 626. The van der Waals surface area contributed by atoms with Crippen molar-refractivity contribution < 1.29 is 13.2 Å². The summed E-state index contributed by atoms with van der Waals surface area (Å²) in [6.07, 6.45) is 2.68. The van der Waals surface area contributed by atoms with Crippen molar-refractivity contribution in [1.82, 2.24) is 0 Å². The van der Waals surface area contributed by atoms with Gasteiger partial charge in [0.2, 0.25) is 15.9 Å². The highest BCUT2D eigenvalue weighted by molar-refractivity contribution is 7.92. The third-order valence-electron chi connectivity index (χ3n) is 3.56. The van der Waals surface area contributed by atoms with Crippen LogP contribution in [0.15, 0.2) is 18.2 Å². The number of rotatable bonds is 5. The van der Waals surface area contributed by atoms with Gasteiger partial charge in [0.1, 0.15) is 0 Å². The molecule has 0 radical (unpaired) electrons. The molecule has 0 fully saturated rings. The van der Waals surface area contributed by atoms with Crippen LogP contribution in [0, 0.1) is 0 Å². The van der Waals surface area contributed by atoms with Crippen molar-refractivity contribution in [3.63, 3.8) is 0 Å². The molecular formula is C15H22N2O3S. The number of nitrogens with zero attached hydrogens (tertiary/aromatic N) is 1. The third kappa shape index (κ3) is 3.56. The fraction of sp³-hybridized carbons (Fsp3) is 0.533. The smallest absolute Gasteiger partial charge is 0.235 e.